The van der Waals surface area contributed by atoms with Gasteiger partial charge in [-0.3, -0.25) is 14.9 Å². The van der Waals surface area contributed by atoms with Crippen molar-refractivity contribution in [2.24, 2.45) is 0 Å². The van der Waals surface area contributed by atoms with Crippen LogP contribution < -0.4 is 16.0 Å². The molecule has 1 atom stereocenters. The summed E-state index contributed by atoms with van der Waals surface area (Å²) in [7, 11) is 0. The Hall–Kier alpha value is -2.18. The van der Waals surface area contributed by atoms with Crippen molar-refractivity contribution >= 4 is 23.5 Å². The second-order valence-corrected chi connectivity index (χ2v) is 4.98. The summed E-state index contributed by atoms with van der Waals surface area (Å²) in [6, 6.07) is -0.428. The average Bonchev–Trinajstić information content (AvgIpc) is 2.45. The zero-order valence-corrected chi connectivity index (χ0v) is 12.4. The quantitative estimate of drug-likeness (QED) is 0.679. The van der Waals surface area contributed by atoms with E-state index >= 15 is 0 Å². The molecule has 1 aromatic rings. The number of carbonyl (C=O) groups excluding carboxylic acids is 2. The number of amides is 2. The van der Waals surface area contributed by atoms with E-state index in [2.05, 4.69) is 32.8 Å². The Morgan fingerprint density at radius 1 is 1.29 bits per heavy atom. The lowest BCUT2D eigenvalue weighted by Crippen LogP contribution is -2.47. The third-order valence-electron chi connectivity index (χ3n) is 3.34. The fraction of sp³-hybridized carbons (Fsp3) is 0.571. The highest BCUT2D eigenvalue weighted by atomic mass is 16.2. The minimum atomic E-state index is -0.428. The van der Waals surface area contributed by atoms with E-state index < -0.39 is 6.04 Å². The van der Waals surface area contributed by atoms with Crippen LogP contribution in [0.5, 0.6) is 0 Å². The topological polar surface area (TPSA) is 96.0 Å². The number of hydrogen-bond acceptors (Lipinski definition) is 6. The summed E-state index contributed by atoms with van der Waals surface area (Å²) in [5.41, 5.74) is 0.978. The smallest absolute Gasteiger partial charge is 0.249 e. The van der Waals surface area contributed by atoms with E-state index in [0.29, 0.717) is 18.7 Å². The normalized spacial score (nSPS) is 18.3. The molecule has 1 aromatic heterocycles. The molecule has 0 radical (unpaired) electrons. The minimum Gasteiger partial charge on any atom is -0.370 e. The van der Waals surface area contributed by atoms with Crippen LogP contribution >= 0.6 is 0 Å². The van der Waals surface area contributed by atoms with Crippen LogP contribution in [0.15, 0.2) is 6.33 Å². The Bertz CT molecular complexity index is 532. The lowest BCUT2D eigenvalue weighted by Gasteiger charge is -2.24. The third-order valence-corrected chi connectivity index (χ3v) is 3.34. The van der Waals surface area contributed by atoms with Crippen molar-refractivity contribution in [2.75, 3.05) is 17.2 Å². The van der Waals surface area contributed by atoms with E-state index in [1.165, 1.54) is 6.33 Å². The van der Waals surface area contributed by atoms with Crippen LogP contribution in [-0.4, -0.2) is 34.4 Å². The van der Waals surface area contributed by atoms with E-state index in [1.807, 2.05) is 6.92 Å². The molecule has 3 N–H and O–H groups in total. The molecular formula is C14H21N5O2. The van der Waals surface area contributed by atoms with Crippen LogP contribution in [0.25, 0.3) is 0 Å². The van der Waals surface area contributed by atoms with Gasteiger partial charge in [-0.2, -0.15) is 0 Å². The van der Waals surface area contributed by atoms with Crippen molar-refractivity contribution in [2.45, 2.75) is 45.6 Å². The van der Waals surface area contributed by atoms with Gasteiger partial charge in [-0.1, -0.05) is 13.3 Å². The maximum Gasteiger partial charge on any atom is 0.249 e. The van der Waals surface area contributed by atoms with Gasteiger partial charge >= 0.3 is 0 Å². The molecule has 2 amide bonds. The lowest BCUT2D eigenvalue weighted by atomic mass is 10.1. The monoisotopic (exact) mass is 291 g/mol. The number of piperidine rings is 1. The van der Waals surface area contributed by atoms with Crippen molar-refractivity contribution in [1.82, 2.24) is 15.3 Å². The predicted molar refractivity (Wildman–Crippen MR) is 80.0 cm³/mol. The molecule has 0 spiro atoms. The van der Waals surface area contributed by atoms with Crippen molar-refractivity contribution in [3.8, 4) is 0 Å². The Morgan fingerprint density at radius 3 is 2.71 bits per heavy atom. The maximum absolute atomic E-state index is 11.8. The third kappa shape index (κ3) is 3.68. The summed E-state index contributed by atoms with van der Waals surface area (Å²) >= 11 is 0. The van der Waals surface area contributed by atoms with Crippen molar-refractivity contribution < 1.29 is 9.59 Å². The van der Waals surface area contributed by atoms with Crippen molar-refractivity contribution in [1.29, 1.82) is 0 Å². The average molecular weight is 291 g/mol. The van der Waals surface area contributed by atoms with E-state index in [0.717, 1.165) is 30.8 Å². The van der Waals surface area contributed by atoms with Gasteiger partial charge in [-0.25, -0.2) is 9.97 Å². The van der Waals surface area contributed by atoms with Crippen molar-refractivity contribution in [3.05, 3.63) is 11.9 Å². The molecule has 21 heavy (non-hydrogen) atoms. The van der Waals surface area contributed by atoms with Gasteiger partial charge in [0.1, 0.15) is 24.0 Å². The highest BCUT2D eigenvalue weighted by Crippen LogP contribution is 2.23. The molecule has 2 rings (SSSR count). The summed E-state index contributed by atoms with van der Waals surface area (Å²) in [6.07, 6.45) is 4.08. The standard InChI is InChI=1S/C14H21N5O2/c1-3-5-9-12(15-4-2)16-8-17-13(9)18-10-6-7-11(20)19-14(10)21/h8,10H,3-7H2,1-2H3,(H,19,20,21)(H2,15,16,17,18). The van der Waals surface area contributed by atoms with Crippen LogP contribution in [0.2, 0.25) is 0 Å². The molecular weight excluding hydrogens is 270 g/mol. The summed E-state index contributed by atoms with van der Waals surface area (Å²) in [4.78, 5) is 31.5. The number of carbonyl (C=O) groups is 2. The minimum absolute atomic E-state index is 0.220. The molecule has 0 aliphatic carbocycles. The second kappa shape index (κ2) is 7.01. The largest absolute Gasteiger partial charge is 0.370 e. The van der Waals surface area contributed by atoms with Gasteiger partial charge < -0.3 is 10.6 Å². The Kier molecular flexibility index (Phi) is 5.08. The highest BCUT2D eigenvalue weighted by molar-refractivity contribution is 6.01. The number of imide groups is 1. The molecule has 1 saturated heterocycles. The van der Waals surface area contributed by atoms with Crippen LogP contribution in [0.1, 0.15) is 38.7 Å². The van der Waals surface area contributed by atoms with Gasteiger partial charge in [0.05, 0.1) is 0 Å². The van der Waals surface area contributed by atoms with Gasteiger partial charge in [0.15, 0.2) is 0 Å². The summed E-state index contributed by atoms with van der Waals surface area (Å²) < 4.78 is 0. The number of aromatic nitrogens is 2. The maximum atomic E-state index is 11.8. The molecule has 0 saturated carbocycles. The Labute approximate surface area is 123 Å². The van der Waals surface area contributed by atoms with Gasteiger partial charge in [0.2, 0.25) is 11.8 Å². The van der Waals surface area contributed by atoms with Crippen LogP contribution in [0, 0.1) is 0 Å². The molecule has 0 bridgehead atoms. The molecule has 7 heteroatoms. The zero-order chi connectivity index (χ0) is 15.2. The highest BCUT2D eigenvalue weighted by Gasteiger charge is 2.27. The van der Waals surface area contributed by atoms with Gasteiger partial charge in [0, 0.05) is 18.5 Å². The summed E-state index contributed by atoms with van der Waals surface area (Å²) in [6.45, 7) is 4.86. The lowest BCUT2D eigenvalue weighted by molar-refractivity contribution is -0.133. The first kappa shape index (κ1) is 15.2. The van der Waals surface area contributed by atoms with Crippen molar-refractivity contribution in [3.63, 3.8) is 0 Å². The first-order valence-corrected chi connectivity index (χ1v) is 7.33. The fourth-order valence-corrected chi connectivity index (χ4v) is 2.34. The summed E-state index contributed by atoms with van der Waals surface area (Å²) in [5.74, 6) is 0.946. The van der Waals surface area contributed by atoms with E-state index in [-0.39, 0.29) is 11.8 Å². The SMILES string of the molecule is CCCc1c(NCC)ncnc1NC1CCC(=O)NC1=O. The van der Waals surface area contributed by atoms with E-state index in [1.54, 1.807) is 0 Å². The first-order chi connectivity index (χ1) is 10.2. The van der Waals surface area contributed by atoms with Crippen LogP contribution in [0.4, 0.5) is 11.6 Å². The molecule has 0 aromatic carbocycles. The number of rotatable bonds is 6. The van der Waals surface area contributed by atoms with Gasteiger partial charge in [-0.05, 0) is 19.8 Å². The second-order valence-electron chi connectivity index (χ2n) is 4.98. The molecule has 1 aliphatic rings. The van der Waals surface area contributed by atoms with Gasteiger partial charge in [-0.15, -0.1) is 0 Å². The van der Waals surface area contributed by atoms with E-state index in [4.69, 9.17) is 0 Å². The molecule has 114 valence electrons. The Balaban J connectivity index is 2.20. The Morgan fingerprint density at radius 2 is 2.05 bits per heavy atom. The molecule has 7 nitrogen and oxygen atoms in total. The molecule has 1 fully saturated rings. The predicted octanol–water partition coefficient (Wildman–Crippen LogP) is 1.08. The fourth-order valence-electron chi connectivity index (χ4n) is 2.34. The molecule has 2 heterocycles. The number of nitrogens with one attached hydrogen (secondary N) is 3. The van der Waals surface area contributed by atoms with E-state index in [9.17, 15) is 9.59 Å². The number of hydrogen-bond donors (Lipinski definition) is 3. The molecule has 1 aliphatic heterocycles. The molecule has 1 unspecified atom stereocenters. The van der Waals surface area contributed by atoms with Gasteiger partial charge in [0.25, 0.3) is 0 Å². The van der Waals surface area contributed by atoms with Crippen LogP contribution in [-0.2, 0) is 16.0 Å². The van der Waals surface area contributed by atoms with Crippen LogP contribution in [0.3, 0.4) is 0 Å². The first-order valence-electron chi connectivity index (χ1n) is 7.33. The zero-order valence-electron chi connectivity index (χ0n) is 12.4. The number of anilines is 2. The summed E-state index contributed by atoms with van der Waals surface area (Å²) in [5, 5.41) is 8.70. The number of nitrogens with zero attached hydrogens (tertiary/aromatic N) is 2.